The van der Waals surface area contributed by atoms with Gasteiger partial charge in [0.1, 0.15) is 5.75 Å². The number of hydrogen-bond donors (Lipinski definition) is 4. The number of methoxy groups -OCH3 is 1. The summed E-state index contributed by atoms with van der Waals surface area (Å²) < 4.78 is 5.16. The Morgan fingerprint density at radius 3 is 2.75 bits per heavy atom. The van der Waals surface area contributed by atoms with Crippen molar-refractivity contribution in [3.05, 3.63) is 24.3 Å². The number of nitrogens with one attached hydrogen (secondary N) is 2. The highest BCUT2D eigenvalue weighted by Gasteiger charge is 2.33. The zero-order valence-corrected chi connectivity index (χ0v) is 13.8. The molecule has 1 aliphatic rings. The van der Waals surface area contributed by atoms with Crippen LogP contribution in [0.25, 0.3) is 0 Å². The summed E-state index contributed by atoms with van der Waals surface area (Å²) in [7, 11) is 1.55. The quantitative estimate of drug-likeness (QED) is 0.577. The zero-order chi connectivity index (χ0) is 17.7. The fraction of sp³-hybridized carbons (Fsp3) is 0.500. The lowest BCUT2D eigenvalue weighted by Gasteiger charge is -2.27. The molecule has 132 valence electrons. The van der Waals surface area contributed by atoms with Gasteiger partial charge in [0.05, 0.1) is 31.9 Å². The summed E-state index contributed by atoms with van der Waals surface area (Å²) in [5, 5.41) is 23.6. The van der Waals surface area contributed by atoms with Crippen molar-refractivity contribution in [2.75, 3.05) is 31.8 Å². The van der Waals surface area contributed by atoms with Crippen molar-refractivity contribution in [2.24, 2.45) is 0 Å². The van der Waals surface area contributed by atoms with Crippen LogP contribution in [0.3, 0.4) is 0 Å². The normalized spacial score (nSPS) is 17.8. The molecule has 0 radical (unpaired) electrons. The molecule has 3 amide bonds. The van der Waals surface area contributed by atoms with E-state index < -0.39 is 24.8 Å². The second kappa shape index (κ2) is 7.50. The van der Waals surface area contributed by atoms with Gasteiger partial charge in [-0.25, -0.2) is 4.79 Å². The Hall–Kier alpha value is -2.32. The lowest BCUT2D eigenvalue weighted by Crippen LogP contribution is -2.56. The number of carbonyl (C=O) groups excluding carboxylic acids is 2. The number of nitrogens with zero attached hydrogens (tertiary/aromatic N) is 1. The molecule has 1 aliphatic heterocycles. The molecule has 1 atom stereocenters. The standard InChI is InChI=1S/C16H23N3O5/c1-16(9-20,10-21)18-15(23)17-11-6-14(22)19(8-11)12-4-3-5-13(7-12)24-2/h3-5,7,11,20-21H,6,8-10H2,1-2H3,(H2,17,18,23)/t11-/m1/s1. The monoisotopic (exact) mass is 337 g/mol. The molecule has 1 fully saturated rings. The molecule has 0 aliphatic carbocycles. The highest BCUT2D eigenvalue weighted by Crippen LogP contribution is 2.25. The maximum absolute atomic E-state index is 12.2. The maximum atomic E-state index is 12.2. The van der Waals surface area contributed by atoms with E-state index in [4.69, 9.17) is 4.74 Å². The summed E-state index contributed by atoms with van der Waals surface area (Å²) in [5.41, 5.74) is -0.404. The van der Waals surface area contributed by atoms with Crippen LogP contribution in [-0.4, -0.2) is 60.6 Å². The van der Waals surface area contributed by atoms with Gasteiger partial charge in [0.25, 0.3) is 0 Å². The van der Waals surface area contributed by atoms with Crippen molar-refractivity contribution in [2.45, 2.75) is 24.9 Å². The predicted molar refractivity (Wildman–Crippen MR) is 88.0 cm³/mol. The van der Waals surface area contributed by atoms with Gasteiger partial charge in [-0.1, -0.05) is 6.07 Å². The Kier molecular flexibility index (Phi) is 5.63. The molecule has 1 heterocycles. The number of aliphatic hydroxyl groups is 2. The molecule has 1 aromatic carbocycles. The number of rotatable bonds is 6. The van der Waals surface area contributed by atoms with Crippen molar-refractivity contribution >= 4 is 17.6 Å². The van der Waals surface area contributed by atoms with E-state index in [2.05, 4.69) is 10.6 Å². The topological polar surface area (TPSA) is 111 Å². The average Bonchev–Trinajstić information content (AvgIpc) is 2.94. The molecule has 1 saturated heterocycles. The second-order valence-electron chi connectivity index (χ2n) is 6.08. The van der Waals surface area contributed by atoms with Gasteiger partial charge in [-0.05, 0) is 19.1 Å². The Bertz CT molecular complexity index is 603. The zero-order valence-electron chi connectivity index (χ0n) is 13.8. The van der Waals surface area contributed by atoms with Crippen LogP contribution in [0.2, 0.25) is 0 Å². The van der Waals surface area contributed by atoms with Crippen molar-refractivity contribution in [3.63, 3.8) is 0 Å². The summed E-state index contributed by atoms with van der Waals surface area (Å²) in [4.78, 5) is 25.8. The third kappa shape index (κ3) is 4.15. The van der Waals surface area contributed by atoms with Crippen molar-refractivity contribution in [1.29, 1.82) is 0 Å². The number of urea groups is 1. The number of amides is 3. The Balaban J connectivity index is 1.98. The Morgan fingerprint density at radius 1 is 1.42 bits per heavy atom. The highest BCUT2D eigenvalue weighted by molar-refractivity contribution is 5.97. The van der Waals surface area contributed by atoms with E-state index >= 15 is 0 Å². The summed E-state index contributed by atoms with van der Waals surface area (Å²) in [5.74, 6) is 0.553. The van der Waals surface area contributed by atoms with Crippen LogP contribution < -0.4 is 20.3 Å². The van der Waals surface area contributed by atoms with Crippen molar-refractivity contribution in [1.82, 2.24) is 10.6 Å². The largest absolute Gasteiger partial charge is 0.497 e. The number of hydrogen-bond acceptors (Lipinski definition) is 5. The third-order valence-electron chi connectivity index (χ3n) is 3.94. The average molecular weight is 337 g/mol. The molecule has 0 unspecified atom stereocenters. The molecule has 2 rings (SSSR count). The van der Waals surface area contributed by atoms with Crippen LogP contribution in [0.5, 0.6) is 5.75 Å². The van der Waals surface area contributed by atoms with E-state index in [-0.39, 0.29) is 18.4 Å². The highest BCUT2D eigenvalue weighted by atomic mass is 16.5. The van der Waals surface area contributed by atoms with Crippen LogP contribution in [0.1, 0.15) is 13.3 Å². The Labute approximate surface area is 140 Å². The van der Waals surface area contributed by atoms with Crippen LogP contribution >= 0.6 is 0 Å². The smallest absolute Gasteiger partial charge is 0.315 e. The lowest BCUT2D eigenvalue weighted by atomic mass is 10.1. The van der Waals surface area contributed by atoms with Gasteiger partial charge in [0.15, 0.2) is 0 Å². The summed E-state index contributed by atoms with van der Waals surface area (Å²) >= 11 is 0. The summed E-state index contributed by atoms with van der Waals surface area (Å²) in [6, 6.07) is 6.25. The van der Waals surface area contributed by atoms with E-state index in [1.54, 1.807) is 36.3 Å². The first-order chi connectivity index (χ1) is 11.4. The first-order valence-corrected chi connectivity index (χ1v) is 7.65. The number of ether oxygens (including phenoxy) is 1. The fourth-order valence-electron chi connectivity index (χ4n) is 2.46. The van der Waals surface area contributed by atoms with E-state index in [1.807, 2.05) is 0 Å². The molecule has 0 bridgehead atoms. The lowest BCUT2D eigenvalue weighted by molar-refractivity contribution is -0.117. The van der Waals surface area contributed by atoms with Crippen LogP contribution in [0.15, 0.2) is 24.3 Å². The van der Waals surface area contributed by atoms with Gasteiger partial charge in [0.2, 0.25) is 5.91 Å². The molecule has 4 N–H and O–H groups in total. The van der Waals surface area contributed by atoms with Gasteiger partial charge in [-0.2, -0.15) is 0 Å². The molecular weight excluding hydrogens is 314 g/mol. The molecule has 1 aromatic rings. The predicted octanol–water partition coefficient (Wildman–Crippen LogP) is -0.157. The second-order valence-corrected chi connectivity index (χ2v) is 6.08. The SMILES string of the molecule is COc1cccc(N2C[C@H](NC(=O)NC(C)(CO)CO)CC2=O)c1. The molecular formula is C16H23N3O5. The first kappa shape index (κ1) is 18.0. The Morgan fingerprint density at radius 2 is 2.12 bits per heavy atom. The van der Waals surface area contributed by atoms with Crippen LogP contribution in [0.4, 0.5) is 10.5 Å². The van der Waals surface area contributed by atoms with Gasteiger partial charge in [-0.15, -0.1) is 0 Å². The van der Waals surface area contributed by atoms with Crippen LogP contribution in [-0.2, 0) is 4.79 Å². The number of carbonyl (C=O) groups is 2. The van der Waals surface area contributed by atoms with E-state index in [0.29, 0.717) is 18.0 Å². The van der Waals surface area contributed by atoms with Crippen molar-refractivity contribution in [3.8, 4) is 5.75 Å². The minimum absolute atomic E-state index is 0.0966. The van der Waals surface area contributed by atoms with E-state index in [0.717, 1.165) is 0 Å². The fourth-order valence-corrected chi connectivity index (χ4v) is 2.46. The van der Waals surface area contributed by atoms with E-state index in [1.165, 1.54) is 6.92 Å². The molecule has 8 heteroatoms. The van der Waals surface area contributed by atoms with Gasteiger partial charge in [0, 0.05) is 24.7 Å². The van der Waals surface area contributed by atoms with Gasteiger partial charge < -0.3 is 30.5 Å². The van der Waals surface area contributed by atoms with Crippen molar-refractivity contribution < 1.29 is 24.5 Å². The van der Waals surface area contributed by atoms with Gasteiger partial charge >= 0.3 is 6.03 Å². The van der Waals surface area contributed by atoms with E-state index in [9.17, 15) is 19.8 Å². The summed E-state index contributed by atoms with van der Waals surface area (Å²) in [6.07, 6.45) is 0.180. The maximum Gasteiger partial charge on any atom is 0.315 e. The molecule has 8 nitrogen and oxygen atoms in total. The summed E-state index contributed by atoms with van der Waals surface area (Å²) in [6.45, 7) is 1.08. The molecule has 0 saturated carbocycles. The number of benzene rings is 1. The van der Waals surface area contributed by atoms with Gasteiger partial charge in [-0.3, -0.25) is 4.79 Å². The molecule has 0 aromatic heterocycles. The number of anilines is 1. The minimum atomic E-state index is -1.11. The molecule has 0 spiro atoms. The molecule has 24 heavy (non-hydrogen) atoms. The third-order valence-corrected chi connectivity index (χ3v) is 3.94. The first-order valence-electron chi connectivity index (χ1n) is 7.65. The van der Waals surface area contributed by atoms with Crippen LogP contribution in [0, 0.1) is 0 Å². The number of aliphatic hydroxyl groups excluding tert-OH is 2. The minimum Gasteiger partial charge on any atom is -0.497 e.